The summed E-state index contributed by atoms with van der Waals surface area (Å²) in [6, 6.07) is 4.12. The Hall–Kier alpha value is -1.33. The van der Waals surface area contributed by atoms with E-state index in [1.54, 1.807) is 0 Å². The van der Waals surface area contributed by atoms with Gasteiger partial charge in [0.25, 0.3) is 0 Å². The molecule has 1 aliphatic rings. The van der Waals surface area contributed by atoms with E-state index in [0.29, 0.717) is 19.5 Å². The number of nitrogens with zero attached hydrogens (tertiary/aromatic N) is 1. The van der Waals surface area contributed by atoms with Crippen molar-refractivity contribution in [1.29, 1.82) is 0 Å². The van der Waals surface area contributed by atoms with Gasteiger partial charge in [-0.05, 0) is 45.0 Å². The van der Waals surface area contributed by atoms with Crippen LogP contribution >= 0.6 is 0 Å². The van der Waals surface area contributed by atoms with Gasteiger partial charge in [-0.15, -0.1) is 0 Å². The van der Waals surface area contributed by atoms with Crippen molar-refractivity contribution in [2.75, 3.05) is 26.2 Å². The molecule has 5 heteroatoms. The fourth-order valence-corrected chi connectivity index (χ4v) is 2.53. The average Bonchev–Trinajstić information content (AvgIpc) is 3.02. The van der Waals surface area contributed by atoms with E-state index in [-0.39, 0.29) is 11.9 Å². The van der Waals surface area contributed by atoms with E-state index in [2.05, 4.69) is 10.2 Å². The standard InChI is InChI=1S/C14H23N3O2/c1-11-4-5-13(19-11)12(17-8-2-3-9-17)10-16-14(18)6-7-15/h4-5,12H,2-3,6-10,15H2,1H3,(H,16,18). The van der Waals surface area contributed by atoms with Crippen LogP contribution < -0.4 is 11.1 Å². The molecule has 106 valence electrons. The van der Waals surface area contributed by atoms with Crippen LogP contribution in [0.1, 0.15) is 36.8 Å². The van der Waals surface area contributed by atoms with Crippen LogP contribution in [0, 0.1) is 6.92 Å². The molecule has 0 saturated carbocycles. The summed E-state index contributed by atoms with van der Waals surface area (Å²) in [4.78, 5) is 13.9. The van der Waals surface area contributed by atoms with Gasteiger partial charge in [0.2, 0.25) is 5.91 Å². The van der Waals surface area contributed by atoms with Gasteiger partial charge in [0, 0.05) is 19.5 Å². The lowest BCUT2D eigenvalue weighted by molar-refractivity contribution is -0.121. The molecule has 0 aromatic carbocycles. The van der Waals surface area contributed by atoms with Gasteiger partial charge >= 0.3 is 0 Å². The highest BCUT2D eigenvalue weighted by Gasteiger charge is 2.26. The highest BCUT2D eigenvalue weighted by molar-refractivity contribution is 5.76. The van der Waals surface area contributed by atoms with E-state index < -0.39 is 0 Å². The van der Waals surface area contributed by atoms with Gasteiger partial charge in [0.1, 0.15) is 11.5 Å². The van der Waals surface area contributed by atoms with Crippen molar-refractivity contribution in [2.45, 2.75) is 32.2 Å². The number of furan rings is 1. The maximum absolute atomic E-state index is 11.6. The van der Waals surface area contributed by atoms with Crippen LogP contribution in [-0.4, -0.2) is 37.0 Å². The van der Waals surface area contributed by atoms with Gasteiger partial charge in [0.05, 0.1) is 6.04 Å². The predicted octanol–water partition coefficient (Wildman–Crippen LogP) is 1.19. The predicted molar refractivity (Wildman–Crippen MR) is 73.7 cm³/mol. The van der Waals surface area contributed by atoms with E-state index in [4.69, 9.17) is 10.2 Å². The molecule has 1 aromatic rings. The molecule has 2 rings (SSSR count). The Kier molecular flexibility index (Phi) is 4.99. The number of carbonyl (C=O) groups is 1. The summed E-state index contributed by atoms with van der Waals surface area (Å²) in [6.45, 7) is 5.05. The molecule has 1 unspecified atom stereocenters. The summed E-state index contributed by atoms with van der Waals surface area (Å²) in [5, 5.41) is 2.95. The van der Waals surface area contributed by atoms with Gasteiger partial charge in [-0.3, -0.25) is 9.69 Å². The summed E-state index contributed by atoms with van der Waals surface area (Å²) in [6.07, 6.45) is 2.81. The highest BCUT2D eigenvalue weighted by atomic mass is 16.3. The summed E-state index contributed by atoms with van der Waals surface area (Å²) >= 11 is 0. The van der Waals surface area contributed by atoms with Crippen LogP contribution in [0.2, 0.25) is 0 Å². The zero-order chi connectivity index (χ0) is 13.7. The summed E-state index contributed by atoms with van der Waals surface area (Å²) in [5.41, 5.74) is 5.38. The molecule has 1 aromatic heterocycles. The van der Waals surface area contributed by atoms with Gasteiger partial charge in [0.15, 0.2) is 0 Å². The van der Waals surface area contributed by atoms with Crippen molar-refractivity contribution in [3.8, 4) is 0 Å². The molecule has 1 atom stereocenters. The SMILES string of the molecule is Cc1ccc(C(CNC(=O)CCN)N2CCCC2)o1. The monoisotopic (exact) mass is 265 g/mol. The molecule has 2 heterocycles. The minimum Gasteiger partial charge on any atom is -0.465 e. The quantitative estimate of drug-likeness (QED) is 0.810. The lowest BCUT2D eigenvalue weighted by Gasteiger charge is -2.26. The number of nitrogens with one attached hydrogen (secondary N) is 1. The molecule has 1 aliphatic heterocycles. The van der Waals surface area contributed by atoms with Crippen molar-refractivity contribution >= 4 is 5.91 Å². The Morgan fingerprint density at radius 2 is 2.21 bits per heavy atom. The third kappa shape index (κ3) is 3.81. The number of nitrogens with two attached hydrogens (primary N) is 1. The van der Waals surface area contributed by atoms with Crippen LogP contribution in [0.4, 0.5) is 0 Å². The molecular formula is C14H23N3O2. The van der Waals surface area contributed by atoms with E-state index in [0.717, 1.165) is 24.6 Å². The van der Waals surface area contributed by atoms with Crippen LogP contribution in [0.15, 0.2) is 16.5 Å². The first kappa shape index (κ1) is 14.1. The van der Waals surface area contributed by atoms with Crippen LogP contribution in [-0.2, 0) is 4.79 Å². The molecule has 19 heavy (non-hydrogen) atoms. The molecule has 1 amide bonds. The lowest BCUT2D eigenvalue weighted by Crippen LogP contribution is -2.37. The fraction of sp³-hybridized carbons (Fsp3) is 0.643. The highest BCUT2D eigenvalue weighted by Crippen LogP contribution is 2.26. The van der Waals surface area contributed by atoms with Crippen LogP contribution in [0.5, 0.6) is 0 Å². The average molecular weight is 265 g/mol. The smallest absolute Gasteiger partial charge is 0.221 e. The molecule has 0 aliphatic carbocycles. The molecule has 3 N–H and O–H groups in total. The van der Waals surface area contributed by atoms with Crippen molar-refractivity contribution in [2.24, 2.45) is 5.73 Å². The Morgan fingerprint density at radius 1 is 1.47 bits per heavy atom. The van der Waals surface area contributed by atoms with E-state index in [1.165, 1.54) is 12.8 Å². The number of hydrogen-bond donors (Lipinski definition) is 2. The van der Waals surface area contributed by atoms with Crippen molar-refractivity contribution in [3.05, 3.63) is 23.7 Å². The van der Waals surface area contributed by atoms with Crippen LogP contribution in [0.25, 0.3) is 0 Å². The number of likely N-dealkylation sites (tertiary alicyclic amines) is 1. The van der Waals surface area contributed by atoms with Gasteiger partial charge in [-0.2, -0.15) is 0 Å². The fourth-order valence-electron chi connectivity index (χ4n) is 2.53. The first-order valence-electron chi connectivity index (χ1n) is 6.98. The number of hydrogen-bond acceptors (Lipinski definition) is 4. The Bertz CT molecular complexity index is 411. The van der Waals surface area contributed by atoms with Crippen molar-refractivity contribution < 1.29 is 9.21 Å². The molecule has 0 radical (unpaired) electrons. The first-order valence-corrected chi connectivity index (χ1v) is 6.98. The maximum atomic E-state index is 11.6. The summed E-state index contributed by atoms with van der Waals surface area (Å²) < 4.78 is 5.73. The van der Waals surface area contributed by atoms with E-state index >= 15 is 0 Å². The van der Waals surface area contributed by atoms with E-state index in [9.17, 15) is 4.79 Å². The molecule has 0 bridgehead atoms. The van der Waals surface area contributed by atoms with Crippen LogP contribution in [0.3, 0.4) is 0 Å². The molecule has 0 spiro atoms. The number of carbonyl (C=O) groups excluding carboxylic acids is 1. The Labute approximate surface area is 114 Å². The second-order valence-electron chi connectivity index (χ2n) is 5.05. The second kappa shape index (κ2) is 6.73. The van der Waals surface area contributed by atoms with Crippen molar-refractivity contribution in [3.63, 3.8) is 0 Å². The Morgan fingerprint density at radius 3 is 2.79 bits per heavy atom. The summed E-state index contributed by atoms with van der Waals surface area (Å²) in [7, 11) is 0. The summed E-state index contributed by atoms with van der Waals surface area (Å²) in [5.74, 6) is 1.86. The zero-order valence-corrected chi connectivity index (χ0v) is 11.5. The zero-order valence-electron chi connectivity index (χ0n) is 11.5. The molecule has 5 nitrogen and oxygen atoms in total. The third-order valence-electron chi connectivity index (χ3n) is 3.53. The molecule has 1 saturated heterocycles. The number of rotatable bonds is 6. The molecule has 1 fully saturated rings. The number of aryl methyl sites for hydroxylation is 1. The first-order chi connectivity index (χ1) is 9.20. The lowest BCUT2D eigenvalue weighted by atomic mass is 10.2. The Balaban J connectivity index is 2.00. The third-order valence-corrected chi connectivity index (χ3v) is 3.53. The van der Waals surface area contributed by atoms with Crippen molar-refractivity contribution in [1.82, 2.24) is 10.2 Å². The normalized spacial score (nSPS) is 17.6. The van der Waals surface area contributed by atoms with E-state index in [1.807, 2.05) is 19.1 Å². The van der Waals surface area contributed by atoms with Gasteiger partial charge in [-0.25, -0.2) is 0 Å². The van der Waals surface area contributed by atoms with Gasteiger partial charge < -0.3 is 15.5 Å². The maximum Gasteiger partial charge on any atom is 0.221 e. The minimum absolute atomic E-state index is 0.00924. The topological polar surface area (TPSA) is 71.5 Å². The van der Waals surface area contributed by atoms with Gasteiger partial charge in [-0.1, -0.05) is 0 Å². The second-order valence-corrected chi connectivity index (χ2v) is 5.05. The molecular weight excluding hydrogens is 242 g/mol. The largest absolute Gasteiger partial charge is 0.465 e. The number of amides is 1. The minimum atomic E-state index is 0.00924.